The average molecular weight is 306 g/mol. The molecule has 0 spiro atoms. The number of hydrogen-bond acceptors (Lipinski definition) is 4. The molecule has 0 aromatic heterocycles. The van der Waals surface area contributed by atoms with Crippen molar-refractivity contribution in [3.8, 4) is 11.5 Å². The zero-order chi connectivity index (χ0) is 14.7. The Morgan fingerprint density at radius 2 is 1.86 bits per heavy atom. The van der Waals surface area contributed by atoms with E-state index in [4.69, 9.17) is 21.1 Å². The van der Waals surface area contributed by atoms with Crippen LogP contribution in [-0.2, 0) is 6.54 Å². The summed E-state index contributed by atoms with van der Waals surface area (Å²) in [5, 5.41) is 14.0. The van der Waals surface area contributed by atoms with Crippen LogP contribution in [0.2, 0.25) is 5.02 Å². The van der Waals surface area contributed by atoms with E-state index in [0.29, 0.717) is 18.1 Å². The van der Waals surface area contributed by atoms with Gasteiger partial charge >= 0.3 is 0 Å². The fourth-order valence-corrected chi connectivity index (χ4v) is 2.33. The zero-order valence-corrected chi connectivity index (χ0v) is 12.1. The lowest BCUT2D eigenvalue weighted by molar-refractivity contribution is 0.173. The number of hydrogen-bond donors (Lipinski definition) is 2. The normalized spacial score (nSPS) is 14.2. The highest BCUT2D eigenvalue weighted by molar-refractivity contribution is 6.30. The summed E-state index contributed by atoms with van der Waals surface area (Å²) >= 11 is 5.83. The third-order valence-corrected chi connectivity index (χ3v) is 3.61. The van der Waals surface area contributed by atoms with Gasteiger partial charge in [-0.3, -0.25) is 0 Å². The molecule has 0 amide bonds. The Morgan fingerprint density at radius 1 is 1.10 bits per heavy atom. The molecular weight excluding hydrogens is 290 g/mol. The van der Waals surface area contributed by atoms with Gasteiger partial charge in [-0.25, -0.2) is 0 Å². The number of fused-ring (bicyclic) bond motifs is 1. The van der Waals surface area contributed by atoms with Gasteiger partial charge in [0.05, 0.1) is 6.10 Å². The molecule has 4 nitrogen and oxygen atoms in total. The Labute approximate surface area is 128 Å². The van der Waals surface area contributed by atoms with Crippen LogP contribution >= 0.6 is 11.6 Å². The van der Waals surface area contributed by atoms with Crippen molar-refractivity contribution >= 4 is 11.6 Å². The molecule has 0 radical (unpaired) electrons. The molecule has 1 aliphatic rings. The van der Waals surface area contributed by atoms with Crippen molar-refractivity contribution in [1.82, 2.24) is 5.32 Å². The quantitative estimate of drug-likeness (QED) is 0.892. The van der Waals surface area contributed by atoms with Crippen molar-refractivity contribution in [3.05, 3.63) is 58.6 Å². The van der Waals surface area contributed by atoms with Gasteiger partial charge in [0, 0.05) is 18.1 Å². The largest absolute Gasteiger partial charge is 0.454 e. The minimum absolute atomic E-state index is 0.279. The first-order valence-electron chi connectivity index (χ1n) is 6.75. The fraction of sp³-hybridized carbons (Fsp3) is 0.250. The van der Waals surface area contributed by atoms with Crippen LogP contribution in [0, 0.1) is 0 Å². The second-order valence-corrected chi connectivity index (χ2v) is 5.32. The number of benzene rings is 2. The molecule has 2 aromatic carbocycles. The van der Waals surface area contributed by atoms with Gasteiger partial charge in [0.25, 0.3) is 0 Å². The van der Waals surface area contributed by atoms with E-state index in [1.54, 1.807) is 12.1 Å². The smallest absolute Gasteiger partial charge is 0.231 e. The number of aliphatic hydroxyl groups excluding tert-OH is 1. The van der Waals surface area contributed by atoms with Gasteiger partial charge in [-0.05, 0) is 35.4 Å². The third kappa shape index (κ3) is 3.47. The highest BCUT2D eigenvalue weighted by Crippen LogP contribution is 2.32. The van der Waals surface area contributed by atoms with Gasteiger partial charge in [0.15, 0.2) is 11.5 Å². The molecule has 21 heavy (non-hydrogen) atoms. The van der Waals surface area contributed by atoms with E-state index < -0.39 is 6.10 Å². The minimum Gasteiger partial charge on any atom is -0.454 e. The molecule has 1 atom stereocenters. The van der Waals surface area contributed by atoms with Gasteiger partial charge in [-0.15, -0.1) is 0 Å². The van der Waals surface area contributed by atoms with Gasteiger partial charge < -0.3 is 19.9 Å². The molecule has 5 heteroatoms. The monoisotopic (exact) mass is 305 g/mol. The van der Waals surface area contributed by atoms with Crippen LogP contribution in [0.25, 0.3) is 0 Å². The lowest BCUT2D eigenvalue weighted by Gasteiger charge is -2.12. The molecule has 0 aliphatic carbocycles. The van der Waals surface area contributed by atoms with Crippen LogP contribution in [0.15, 0.2) is 42.5 Å². The van der Waals surface area contributed by atoms with Gasteiger partial charge in [-0.1, -0.05) is 29.8 Å². The molecule has 1 aliphatic heterocycles. The molecule has 0 saturated carbocycles. The van der Waals surface area contributed by atoms with Crippen molar-refractivity contribution in [1.29, 1.82) is 0 Å². The summed E-state index contributed by atoms with van der Waals surface area (Å²) in [4.78, 5) is 0. The van der Waals surface area contributed by atoms with Crippen molar-refractivity contribution in [2.75, 3.05) is 13.3 Å². The van der Waals surface area contributed by atoms with E-state index in [-0.39, 0.29) is 6.79 Å². The van der Waals surface area contributed by atoms with Crippen molar-refractivity contribution < 1.29 is 14.6 Å². The molecule has 0 fully saturated rings. The van der Waals surface area contributed by atoms with Crippen LogP contribution in [0.4, 0.5) is 0 Å². The predicted octanol–water partition coefficient (Wildman–Crippen LogP) is 2.89. The molecule has 0 bridgehead atoms. The third-order valence-electron chi connectivity index (χ3n) is 3.36. The van der Waals surface area contributed by atoms with Gasteiger partial charge in [-0.2, -0.15) is 0 Å². The van der Waals surface area contributed by atoms with Gasteiger partial charge in [0.2, 0.25) is 6.79 Å². The average Bonchev–Trinajstić information content (AvgIpc) is 2.95. The number of nitrogens with one attached hydrogen (secondary N) is 1. The van der Waals surface area contributed by atoms with Crippen LogP contribution < -0.4 is 14.8 Å². The number of rotatable bonds is 5. The molecule has 3 rings (SSSR count). The van der Waals surface area contributed by atoms with Gasteiger partial charge in [0.1, 0.15) is 0 Å². The SMILES string of the molecule is OC(CNCc1ccc2c(c1)OCO2)c1ccc(Cl)cc1. The van der Waals surface area contributed by atoms with E-state index in [2.05, 4.69) is 5.32 Å². The maximum absolute atomic E-state index is 10.1. The van der Waals surface area contributed by atoms with E-state index >= 15 is 0 Å². The molecular formula is C16H16ClNO3. The number of aliphatic hydroxyl groups is 1. The number of ether oxygens (including phenoxy) is 2. The lowest BCUT2D eigenvalue weighted by atomic mass is 10.1. The first-order chi connectivity index (χ1) is 10.2. The summed E-state index contributed by atoms with van der Waals surface area (Å²) in [6.45, 7) is 1.40. The van der Waals surface area contributed by atoms with E-state index in [1.807, 2.05) is 30.3 Å². The Balaban J connectivity index is 1.52. The molecule has 2 N–H and O–H groups in total. The summed E-state index contributed by atoms with van der Waals surface area (Å²) in [5.74, 6) is 1.55. The zero-order valence-electron chi connectivity index (χ0n) is 11.4. The van der Waals surface area contributed by atoms with E-state index in [9.17, 15) is 5.11 Å². The summed E-state index contributed by atoms with van der Waals surface area (Å²) < 4.78 is 10.6. The predicted molar refractivity (Wildman–Crippen MR) is 80.7 cm³/mol. The fourth-order valence-electron chi connectivity index (χ4n) is 2.21. The highest BCUT2D eigenvalue weighted by atomic mass is 35.5. The molecule has 0 saturated heterocycles. The molecule has 1 unspecified atom stereocenters. The lowest BCUT2D eigenvalue weighted by Crippen LogP contribution is -2.21. The highest BCUT2D eigenvalue weighted by Gasteiger charge is 2.13. The standard InChI is InChI=1S/C16H16ClNO3/c17-13-4-2-12(3-5-13)14(19)9-18-8-11-1-6-15-16(7-11)21-10-20-15/h1-7,14,18-19H,8-10H2. The first kappa shape index (κ1) is 14.2. The Bertz CT molecular complexity index is 615. The molecule has 2 aromatic rings. The van der Waals surface area contributed by atoms with Crippen LogP contribution in [-0.4, -0.2) is 18.4 Å². The second-order valence-electron chi connectivity index (χ2n) is 4.89. The summed E-state index contributed by atoms with van der Waals surface area (Å²) in [6, 6.07) is 13.0. The van der Waals surface area contributed by atoms with E-state index in [1.165, 1.54) is 0 Å². The Kier molecular flexibility index (Phi) is 4.29. The molecule has 110 valence electrons. The van der Waals surface area contributed by atoms with Crippen LogP contribution in [0.5, 0.6) is 11.5 Å². The summed E-state index contributed by atoms with van der Waals surface area (Å²) in [7, 11) is 0. The van der Waals surface area contributed by atoms with Crippen molar-refractivity contribution in [3.63, 3.8) is 0 Å². The molecule has 1 heterocycles. The van der Waals surface area contributed by atoms with Crippen molar-refractivity contribution in [2.45, 2.75) is 12.6 Å². The maximum Gasteiger partial charge on any atom is 0.231 e. The topological polar surface area (TPSA) is 50.7 Å². The first-order valence-corrected chi connectivity index (χ1v) is 7.13. The van der Waals surface area contributed by atoms with Crippen LogP contribution in [0.3, 0.4) is 0 Å². The summed E-state index contributed by atoms with van der Waals surface area (Å²) in [6.07, 6.45) is -0.559. The second kappa shape index (κ2) is 6.35. The number of halogens is 1. The maximum atomic E-state index is 10.1. The van der Waals surface area contributed by atoms with Crippen molar-refractivity contribution in [2.24, 2.45) is 0 Å². The van der Waals surface area contributed by atoms with Crippen LogP contribution in [0.1, 0.15) is 17.2 Å². The Morgan fingerprint density at radius 3 is 2.67 bits per heavy atom. The minimum atomic E-state index is -0.559. The van der Waals surface area contributed by atoms with E-state index in [0.717, 1.165) is 22.6 Å². The summed E-state index contributed by atoms with van der Waals surface area (Å²) in [5.41, 5.74) is 1.93. The Hall–Kier alpha value is -1.75.